The van der Waals surface area contributed by atoms with Crippen molar-refractivity contribution in [2.45, 2.75) is 20.3 Å². The smallest absolute Gasteiger partial charge is 0.325 e. The number of hydrogen-bond acceptors (Lipinski definition) is 5. The summed E-state index contributed by atoms with van der Waals surface area (Å²) >= 11 is 0. The van der Waals surface area contributed by atoms with Crippen LogP contribution in [0.4, 0.5) is 5.95 Å². The van der Waals surface area contributed by atoms with Crippen LogP contribution >= 0.6 is 0 Å². The Morgan fingerprint density at radius 2 is 2.10 bits per heavy atom. The Balaban J connectivity index is 2.23. The molecule has 0 aliphatic carbocycles. The molecule has 0 amide bonds. The summed E-state index contributed by atoms with van der Waals surface area (Å²) in [5.74, 6) is 0.316. The SMILES string of the molecule is CCCN(CC(=O)OCC)c1ncc2ccccc2n1. The first-order chi connectivity index (χ1) is 9.74. The molecule has 0 aliphatic heterocycles. The minimum absolute atomic E-state index is 0.181. The largest absolute Gasteiger partial charge is 0.465 e. The van der Waals surface area contributed by atoms with Crippen molar-refractivity contribution in [2.75, 3.05) is 24.6 Å². The van der Waals surface area contributed by atoms with Gasteiger partial charge in [-0.2, -0.15) is 0 Å². The van der Waals surface area contributed by atoms with Gasteiger partial charge < -0.3 is 9.64 Å². The van der Waals surface area contributed by atoms with Crippen molar-refractivity contribution in [2.24, 2.45) is 0 Å². The van der Waals surface area contributed by atoms with Crippen molar-refractivity contribution in [1.29, 1.82) is 0 Å². The Hall–Kier alpha value is -2.17. The van der Waals surface area contributed by atoms with E-state index in [4.69, 9.17) is 4.74 Å². The maximum Gasteiger partial charge on any atom is 0.325 e. The normalized spacial score (nSPS) is 10.5. The molecule has 1 aromatic heterocycles. The third-order valence-electron chi connectivity index (χ3n) is 2.88. The number of nitrogens with zero attached hydrogens (tertiary/aromatic N) is 3. The average Bonchev–Trinajstić information content (AvgIpc) is 2.46. The number of fused-ring (bicyclic) bond motifs is 1. The summed E-state index contributed by atoms with van der Waals surface area (Å²) in [5, 5.41) is 0.990. The van der Waals surface area contributed by atoms with Gasteiger partial charge in [-0.05, 0) is 19.4 Å². The summed E-state index contributed by atoms with van der Waals surface area (Å²) in [4.78, 5) is 22.4. The molecule has 5 heteroatoms. The van der Waals surface area contributed by atoms with Gasteiger partial charge >= 0.3 is 5.97 Å². The quantitative estimate of drug-likeness (QED) is 0.756. The molecule has 106 valence electrons. The first-order valence-corrected chi connectivity index (χ1v) is 6.87. The lowest BCUT2D eigenvalue weighted by molar-refractivity contribution is -0.141. The molecule has 0 unspecified atom stereocenters. The molecule has 1 aromatic carbocycles. The van der Waals surface area contributed by atoms with Gasteiger partial charge in [0.2, 0.25) is 5.95 Å². The standard InChI is InChI=1S/C15H19N3O2/c1-3-9-18(11-14(19)20-4-2)15-16-10-12-7-5-6-8-13(12)17-15/h5-8,10H,3-4,9,11H2,1-2H3. The number of anilines is 1. The van der Waals surface area contributed by atoms with Crippen molar-refractivity contribution in [1.82, 2.24) is 9.97 Å². The minimum Gasteiger partial charge on any atom is -0.465 e. The predicted molar refractivity (Wildman–Crippen MR) is 78.7 cm³/mol. The second kappa shape index (κ2) is 6.84. The van der Waals surface area contributed by atoms with Gasteiger partial charge in [0.15, 0.2) is 0 Å². The van der Waals surface area contributed by atoms with Crippen molar-refractivity contribution >= 4 is 22.8 Å². The van der Waals surface area contributed by atoms with Gasteiger partial charge in [-0.25, -0.2) is 9.97 Å². The minimum atomic E-state index is -0.252. The molecule has 0 saturated heterocycles. The van der Waals surface area contributed by atoms with Crippen LogP contribution < -0.4 is 4.90 Å². The van der Waals surface area contributed by atoms with Crippen LogP contribution in [0.3, 0.4) is 0 Å². The molecule has 0 fully saturated rings. The van der Waals surface area contributed by atoms with E-state index in [9.17, 15) is 4.79 Å². The molecule has 2 rings (SSSR count). The molecule has 0 radical (unpaired) electrons. The third kappa shape index (κ3) is 3.44. The van der Waals surface area contributed by atoms with Crippen molar-refractivity contribution in [3.63, 3.8) is 0 Å². The summed E-state index contributed by atoms with van der Waals surface area (Å²) in [6.45, 7) is 5.14. The highest BCUT2D eigenvalue weighted by Crippen LogP contribution is 2.15. The van der Waals surface area contributed by atoms with E-state index >= 15 is 0 Å². The van der Waals surface area contributed by atoms with Crippen molar-refractivity contribution in [3.8, 4) is 0 Å². The predicted octanol–water partition coefficient (Wildman–Crippen LogP) is 2.41. The molecule has 0 atom stereocenters. The van der Waals surface area contributed by atoms with E-state index in [1.165, 1.54) is 0 Å². The topological polar surface area (TPSA) is 55.3 Å². The van der Waals surface area contributed by atoms with Crippen LogP contribution in [0.15, 0.2) is 30.5 Å². The van der Waals surface area contributed by atoms with Gasteiger partial charge in [-0.15, -0.1) is 0 Å². The Kier molecular flexibility index (Phi) is 4.87. The summed E-state index contributed by atoms with van der Waals surface area (Å²) in [7, 11) is 0. The van der Waals surface area contributed by atoms with E-state index in [1.807, 2.05) is 29.2 Å². The number of para-hydroxylation sites is 1. The lowest BCUT2D eigenvalue weighted by Gasteiger charge is -2.20. The fraction of sp³-hybridized carbons (Fsp3) is 0.400. The summed E-state index contributed by atoms with van der Waals surface area (Å²) < 4.78 is 4.99. The number of hydrogen-bond donors (Lipinski definition) is 0. The van der Waals surface area contributed by atoms with Crippen LogP contribution in [0.5, 0.6) is 0 Å². The van der Waals surface area contributed by atoms with Crippen molar-refractivity contribution in [3.05, 3.63) is 30.5 Å². The average molecular weight is 273 g/mol. The fourth-order valence-electron chi connectivity index (χ4n) is 2.00. The molecule has 0 aliphatic rings. The maximum atomic E-state index is 11.6. The second-order valence-electron chi connectivity index (χ2n) is 4.46. The summed E-state index contributed by atoms with van der Waals surface area (Å²) in [6.07, 6.45) is 2.70. The number of rotatable bonds is 6. The zero-order chi connectivity index (χ0) is 14.4. The molecule has 0 saturated carbocycles. The number of benzene rings is 1. The molecule has 0 spiro atoms. The van der Waals surface area contributed by atoms with Crippen LogP contribution in [0.2, 0.25) is 0 Å². The highest BCUT2D eigenvalue weighted by atomic mass is 16.5. The van der Waals surface area contributed by atoms with Gasteiger partial charge in [0, 0.05) is 18.1 Å². The van der Waals surface area contributed by atoms with Gasteiger partial charge in [0.1, 0.15) is 6.54 Å². The van der Waals surface area contributed by atoms with Gasteiger partial charge in [-0.1, -0.05) is 25.1 Å². The van der Waals surface area contributed by atoms with Gasteiger partial charge in [-0.3, -0.25) is 4.79 Å². The Bertz CT molecular complexity index is 586. The number of aromatic nitrogens is 2. The van der Waals surface area contributed by atoms with Crippen LogP contribution in [0, 0.1) is 0 Å². The second-order valence-corrected chi connectivity index (χ2v) is 4.46. The van der Waals surface area contributed by atoms with Crippen LogP contribution in [0.1, 0.15) is 20.3 Å². The monoisotopic (exact) mass is 273 g/mol. The Morgan fingerprint density at radius 3 is 2.85 bits per heavy atom. The number of carbonyl (C=O) groups excluding carboxylic acids is 1. The Morgan fingerprint density at radius 1 is 1.30 bits per heavy atom. The number of ether oxygens (including phenoxy) is 1. The first kappa shape index (κ1) is 14.2. The zero-order valence-corrected chi connectivity index (χ0v) is 11.9. The van der Waals surface area contributed by atoms with Crippen molar-refractivity contribution < 1.29 is 9.53 Å². The molecular weight excluding hydrogens is 254 g/mol. The lowest BCUT2D eigenvalue weighted by Crippen LogP contribution is -2.33. The molecule has 20 heavy (non-hydrogen) atoms. The number of carbonyl (C=O) groups is 1. The fourth-order valence-corrected chi connectivity index (χ4v) is 2.00. The lowest BCUT2D eigenvalue weighted by atomic mass is 10.2. The van der Waals surface area contributed by atoms with Crippen LogP contribution in [-0.4, -0.2) is 35.6 Å². The molecule has 0 N–H and O–H groups in total. The van der Waals surface area contributed by atoms with E-state index in [-0.39, 0.29) is 12.5 Å². The maximum absolute atomic E-state index is 11.6. The van der Waals surface area contributed by atoms with Gasteiger partial charge in [0.05, 0.1) is 12.1 Å². The molecule has 1 heterocycles. The highest BCUT2D eigenvalue weighted by Gasteiger charge is 2.14. The summed E-state index contributed by atoms with van der Waals surface area (Å²) in [6, 6.07) is 7.80. The zero-order valence-electron chi connectivity index (χ0n) is 11.9. The highest BCUT2D eigenvalue weighted by molar-refractivity contribution is 5.79. The van der Waals surface area contributed by atoms with Crippen LogP contribution in [0.25, 0.3) is 10.9 Å². The van der Waals surface area contributed by atoms with E-state index in [2.05, 4.69) is 16.9 Å². The third-order valence-corrected chi connectivity index (χ3v) is 2.88. The van der Waals surface area contributed by atoms with Crippen LogP contribution in [-0.2, 0) is 9.53 Å². The Labute approximate surface area is 118 Å². The van der Waals surface area contributed by atoms with Gasteiger partial charge in [0.25, 0.3) is 0 Å². The number of esters is 1. The molecule has 2 aromatic rings. The molecule has 0 bridgehead atoms. The van der Waals surface area contributed by atoms with E-state index in [1.54, 1.807) is 13.1 Å². The molecular formula is C15H19N3O2. The van der Waals surface area contributed by atoms with E-state index in [0.29, 0.717) is 12.6 Å². The van der Waals surface area contributed by atoms with E-state index in [0.717, 1.165) is 23.9 Å². The summed E-state index contributed by atoms with van der Waals surface area (Å²) in [5.41, 5.74) is 0.877. The van der Waals surface area contributed by atoms with E-state index < -0.39 is 0 Å². The first-order valence-electron chi connectivity index (χ1n) is 6.87. The molecule has 5 nitrogen and oxygen atoms in total.